The summed E-state index contributed by atoms with van der Waals surface area (Å²) in [4.78, 5) is 0. The number of hydrogen-bond donors (Lipinski definition) is 1. The summed E-state index contributed by atoms with van der Waals surface area (Å²) in [5.41, 5.74) is 1.30. The monoisotopic (exact) mass is 240 g/mol. The van der Waals surface area contributed by atoms with Crippen molar-refractivity contribution in [2.75, 3.05) is 6.61 Å². The number of aliphatic hydroxyl groups is 1. The van der Waals surface area contributed by atoms with E-state index in [-0.39, 0.29) is 12.0 Å². The van der Waals surface area contributed by atoms with Crippen LogP contribution < -0.4 is 0 Å². The molecule has 70 valence electrons. The minimum atomic E-state index is 0.0418. The maximum absolute atomic E-state index is 9.38. The van der Waals surface area contributed by atoms with Gasteiger partial charge in [-0.2, -0.15) is 0 Å². The highest BCUT2D eigenvalue weighted by molar-refractivity contribution is 9.10. The molecule has 1 nitrogen and oxygen atoms in total. The van der Waals surface area contributed by atoms with Crippen molar-refractivity contribution >= 4 is 15.9 Å². The maximum Gasteiger partial charge on any atom is 0.0531 e. The molecule has 2 unspecified atom stereocenters. The SMILES string of the molecule is CC1CC1(CO)c1ccccc1Br. The van der Waals surface area contributed by atoms with Gasteiger partial charge < -0.3 is 5.11 Å². The summed E-state index contributed by atoms with van der Waals surface area (Å²) in [5.74, 6) is 0.608. The highest BCUT2D eigenvalue weighted by Crippen LogP contribution is 2.55. The minimum Gasteiger partial charge on any atom is -0.395 e. The van der Waals surface area contributed by atoms with Gasteiger partial charge in [0.2, 0.25) is 0 Å². The lowest BCUT2D eigenvalue weighted by Gasteiger charge is -2.15. The summed E-state index contributed by atoms with van der Waals surface area (Å²) in [6.07, 6.45) is 1.10. The van der Waals surface area contributed by atoms with Gasteiger partial charge in [0.15, 0.2) is 0 Å². The van der Waals surface area contributed by atoms with E-state index in [0.29, 0.717) is 5.92 Å². The van der Waals surface area contributed by atoms with Gasteiger partial charge in [-0.25, -0.2) is 0 Å². The van der Waals surface area contributed by atoms with Crippen LogP contribution in [-0.4, -0.2) is 11.7 Å². The van der Waals surface area contributed by atoms with Crippen molar-refractivity contribution in [3.8, 4) is 0 Å². The second-order valence-corrected chi connectivity index (χ2v) is 4.75. The Hall–Kier alpha value is -0.340. The second kappa shape index (κ2) is 3.10. The van der Waals surface area contributed by atoms with Crippen LogP contribution in [0.2, 0.25) is 0 Å². The minimum absolute atomic E-state index is 0.0418. The first-order chi connectivity index (χ1) is 6.20. The van der Waals surface area contributed by atoms with Gasteiger partial charge in [-0.1, -0.05) is 41.1 Å². The number of rotatable bonds is 2. The molecule has 13 heavy (non-hydrogen) atoms. The van der Waals surface area contributed by atoms with Crippen molar-refractivity contribution in [1.82, 2.24) is 0 Å². The third kappa shape index (κ3) is 1.32. The number of hydrogen-bond acceptors (Lipinski definition) is 1. The zero-order valence-corrected chi connectivity index (χ0v) is 9.21. The standard InChI is InChI=1S/C11H13BrO/c1-8-6-11(8,7-13)9-4-2-3-5-10(9)12/h2-5,8,13H,6-7H2,1H3. The van der Waals surface area contributed by atoms with Crippen LogP contribution in [-0.2, 0) is 5.41 Å². The normalized spacial score (nSPS) is 31.8. The predicted octanol–water partition coefficient (Wildman–Crippen LogP) is 2.72. The fourth-order valence-corrected chi connectivity index (χ4v) is 2.71. The maximum atomic E-state index is 9.38. The van der Waals surface area contributed by atoms with Gasteiger partial charge in [0.1, 0.15) is 0 Å². The van der Waals surface area contributed by atoms with Crippen molar-refractivity contribution in [1.29, 1.82) is 0 Å². The Labute approximate surface area is 86.9 Å². The summed E-state index contributed by atoms with van der Waals surface area (Å²) in [6.45, 7) is 2.45. The summed E-state index contributed by atoms with van der Waals surface area (Å²) < 4.78 is 1.12. The molecule has 0 radical (unpaired) electrons. The highest BCUT2D eigenvalue weighted by atomic mass is 79.9. The van der Waals surface area contributed by atoms with Gasteiger partial charge in [-0.3, -0.25) is 0 Å². The van der Waals surface area contributed by atoms with E-state index in [1.807, 2.05) is 18.2 Å². The summed E-state index contributed by atoms with van der Waals surface area (Å²) >= 11 is 3.53. The third-order valence-electron chi connectivity index (χ3n) is 3.15. The molecule has 1 N–H and O–H groups in total. The topological polar surface area (TPSA) is 20.2 Å². The summed E-state index contributed by atoms with van der Waals surface area (Å²) in [7, 11) is 0. The van der Waals surface area contributed by atoms with E-state index in [2.05, 4.69) is 28.9 Å². The Morgan fingerprint density at radius 2 is 2.15 bits per heavy atom. The van der Waals surface area contributed by atoms with E-state index in [9.17, 15) is 5.11 Å². The lowest BCUT2D eigenvalue weighted by Crippen LogP contribution is -2.15. The Balaban J connectivity index is 2.41. The van der Waals surface area contributed by atoms with Crippen molar-refractivity contribution in [3.05, 3.63) is 34.3 Å². The van der Waals surface area contributed by atoms with E-state index in [1.165, 1.54) is 5.56 Å². The number of benzene rings is 1. The van der Waals surface area contributed by atoms with Crippen LogP contribution >= 0.6 is 15.9 Å². The Bertz CT molecular complexity index is 320. The highest BCUT2D eigenvalue weighted by Gasteiger charge is 2.52. The van der Waals surface area contributed by atoms with E-state index < -0.39 is 0 Å². The van der Waals surface area contributed by atoms with Gasteiger partial charge >= 0.3 is 0 Å². The van der Waals surface area contributed by atoms with Crippen molar-refractivity contribution in [2.45, 2.75) is 18.8 Å². The average molecular weight is 241 g/mol. The predicted molar refractivity (Wildman–Crippen MR) is 56.7 cm³/mol. The molecular formula is C11H13BrO. The van der Waals surface area contributed by atoms with Crippen molar-refractivity contribution in [2.24, 2.45) is 5.92 Å². The third-order valence-corrected chi connectivity index (χ3v) is 3.84. The van der Waals surface area contributed by atoms with Crippen LogP contribution in [0.5, 0.6) is 0 Å². The van der Waals surface area contributed by atoms with Gasteiger partial charge in [0, 0.05) is 9.89 Å². The first-order valence-corrected chi connectivity index (χ1v) is 5.36. The van der Waals surface area contributed by atoms with Crippen LogP contribution in [0.4, 0.5) is 0 Å². The van der Waals surface area contributed by atoms with Crippen LogP contribution in [0.15, 0.2) is 28.7 Å². The Morgan fingerprint density at radius 1 is 1.54 bits per heavy atom. The van der Waals surface area contributed by atoms with Crippen LogP contribution in [0, 0.1) is 5.92 Å². The van der Waals surface area contributed by atoms with E-state index in [0.717, 1.165) is 10.9 Å². The fraction of sp³-hybridized carbons (Fsp3) is 0.455. The van der Waals surface area contributed by atoms with Crippen molar-refractivity contribution < 1.29 is 5.11 Å². The van der Waals surface area contributed by atoms with E-state index >= 15 is 0 Å². The zero-order valence-electron chi connectivity index (χ0n) is 7.63. The van der Waals surface area contributed by atoms with E-state index in [4.69, 9.17) is 0 Å². The van der Waals surface area contributed by atoms with Gasteiger partial charge in [-0.15, -0.1) is 0 Å². The van der Waals surface area contributed by atoms with E-state index in [1.54, 1.807) is 0 Å². The Kier molecular flexibility index (Phi) is 2.20. The van der Waals surface area contributed by atoms with Gasteiger partial charge in [0.25, 0.3) is 0 Å². The molecule has 2 rings (SSSR count). The fourth-order valence-electron chi connectivity index (χ4n) is 2.03. The number of aliphatic hydroxyl groups excluding tert-OH is 1. The molecule has 0 spiro atoms. The molecular weight excluding hydrogens is 228 g/mol. The largest absolute Gasteiger partial charge is 0.395 e. The summed E-state index contributed by atoms with van der Waals surface area (Å²) in [5, 5.41) is 9.38. The quantitative estimate of drug-likeness (QED) is 0.844. The van der Waals surface area contributed by atoms with Crippen LogP contribution in [0.25, 0.3) is 0 Å². The van der Waals surface area contributed by atoms with Gasteiger partial charge in [-0.05, 0) is 24.0 Å². The lowest BCUT2D eigenvalue weighted by molar-refractivity contribution is 0.246. The molecule has 1 aromatic carbocycles. The molecule has 1 aromatic rings. The number of halogens is 1. The second-order valence-electron chi connectivity index (χ2n) is 3.90. The molecule has 0 aromatic heterocycles. The molecule has 2 heteroatoms. The summed E-state index contributed by atoms with van der Waals surface area (Å²) in [6, 6.07) is 8.18. The molecule has 0 amide bonds. The first kappa shape index (κ1) is 9.22. The average Bonchev–Trinajstić information content (AvgIpc) is 2.79. The molecule has 1 aliphatic rings. The van der Waals surface area contributed by atoms with Crippen LogP contribution in [0.3, 0.4) is 0 Å². The molecule has 1 saturated carbocycles. The molecule has 0 heterocycles. The van der Waals surface area contributed by atoms with Gasteiger partial charge in [0.05, 0.1) is 6.61 Å². The Morgan fingerprint density at radius 3 is 2.62 bits per heavy atom. The molecule has 0 saturated heterocycles. The smallest absolute Gasteiger partial charge is 0.0531 e. The molecule has 2 atom stereocenters. The van der Waals surface area contributed by atoms with Crippen LogP contribution in [0.1, 0.15) is 18.9 Å². The first-order valence-electron chi connectivity index (χ1n) is 4.56. The van der Waals surface area contributed by atoms with Crippen molar-refractivity contribution in [3.63, 3.8) is 0 Å². The molecule has 1 fully saturated rings. The zero-order chi connectivity index (χ0) is 9.47. The molecule has 0 aliphatic heterocycles. The lowest BCUT2D eigenvalue weighted by atomic mass is 9.95. The molecule has 1 aliphatic carbocycles. The molecule has 0 bridgehead atoms.